The van der Waals surface area contributed by atoms with Gasteiger partial charge in [-0.15, -0.1) is 0 Å². The highest BCUT2D eigenvalue weighted by Gasteiger charge is 2.05. The lowest BCUT2D eigenvalue weighted by Gasteiger charge is -2.03. The average Bonchev–Trinajstić information content (AvgIpc) is 2.90. The van der Waals surface area contributed by atoms with Gasteiger partial charge in [-0.25, -0.2) is 9.98 Å². The molecule has 7 heteroatoms. The van der Waals surface area contributed by atoms with E-state index in [1.807, 2.05) is 71.2 Å². The van der Waals surface area contributed by atoms with Crippen molar-refractivity contribution in [3.8, 4) is 11.5 Å². The van der Waals surface area contributed by atoms with Crippen LogP contribution in [0.15, 0.2) is 58.5 Å². The van der Waals surface area contributed by atoms with Crippen molar-refractivity contribution in [2.45, 2.75) is 0 Å². The van der Waals surface area contributed by atoms with Crippen molar-refractivity contribution in [1.82, 2.24) is 8.52 Å². The summed E-state index contributed by atoms with van der Waals surface area (Å²) in [6.45, 7) is 0. The summed E-state index contributed by atoms with van der Waals surface area (Å²) in [5.41, 5.74) is 2.34. The van der Waals surface area contributed by atoms with Crippen LogP contribution in [0.25, 0.3) is 0 Å². The molecule has 0 atom stereocenters. The van der Waals surface area contributed by atoms with Crippen molar-refractivity contribution in [2.75, 3.05) is 14.2 Å². The van der Waals surface area contributed by atoms with Gasteiger partial charge in [0.25, 0.3) is 0 Å². The number of para-hydroxylation sites is 4. The Morgan fingerprint density at radius 1 is 0.800 bits per heavy atom. The SMILES string of the molecule is COc1ccccc1N=c1sn(C)c(=Nc2ccccc2OC)n1C. The van der Waals surface area contributed by atoms with Crippen LogP contribution >= 0.6 is 11.5 Å². The second-order valence-corrected chi connectivity index (χ2v) is 6.39. The zero-order valence-corrected chi connectivity index (χ0v) is 15.4. The molecule has 0 amide bonds. The minimum absolute atomic E-state index is 0.733. The molecule has 0 aliphatic heterocycles. The normalized spacial score (nSPS) is 12.5. The van der Waals surface area contributed by atoms with Crippen molar-refractivity contribution in [3.63, 3.8) is 0 Å². The highest BCUT2D eigenvalue weighted by molar-refractivity contribution is 7.03. The van der Waals surface area contributed by atoms with E-state index < -0.39 is 0 Å². The molecule has 0 saturated carbocycles. The molecule has 0 aliphatic rings. The summed E-state index contributed by atoms with van der Waals surface area (Å²) in [6, 6.07) is 15.4. The van der Waals surface area contributed by atoms with E-state index in [2.05, 4.69) is 0 Å². The van der Waals surface area contributed by atoms with Gasteiger partial charge in [-0.05, 0) is 35.8 Å². The molecular weight excluding hydrogens is 336 g/mol. The molecule has 2 aromatic carbocycles. The summed E-state index contributed by atoms with van der Waals surface area (Å²) >= 11 is 1.51. The first-order valence-electron chi connectivity index (χ1n) is 7.73. The van der Waals surface area contributed by atoms with Gasteiger partial charge in [0.2, 0.25) is 10.4 Å². The van der Waals surface area contributed by atoms with Crippen LogP contribution in [0.4, 0.5) is 11.4 Å². The third-order valence-electron chi connectivity index (χ3n) is 3.69. The Morgan fingerprint density at radius 2 is 1.32 bits per heavy atom. The first-order valence-corrected chi connectivity index (χ1v) is 8.50. The van der Waals surface area contributed by atoms with E-state index in [1.54, 1.807) is 14.2 Å². The minimum atomic E-state index is 0.733. The van der Waals surface area contributed by atoms with Crippen LogP contribution < -0.4 is 19.9 Å². The Kier molecular flexibility index (Phi) is 5.04. The van der Waals surface area contributed by atoms with E-state index in [0.717, 1.165) is 33.3 Å². The fourth-order valence-corrected chi connectivity index (χ4v) is 3.25. The van der Waals surface area contributed by atoms with Gasteiger partial charge >= 0.3 is 0 Å². The van der Waals surface area contributed by atoms with Gasteiger partial charge in [0.05, 0.1) is 14.2 Å². The molecule has 25 heavy (non-hydrogen) atoms. The minimum Gasteiger partial charge on any atom is -0.494 e. The van der Waals surface area contributed by atoms with Gasteiger partial charge in [0.1, 0.15) is 22.9 Å². The van der Waals surface area contributed by atoms with Crippen molar-refractivity contribution in [2.24, 2.45) is 24.1 Å². The first kappa shape index (κ1) is 17.0. The van der Waals surface area contributed by atoms with Gasteiger partial charge in [-0.3, -0.25) is 8.52 Å². The molecule has 3 rings (SSSR count). The second-order valence-electron chi connectivity index (χ2n) is 5.30. The number of ether oxygens (including phenoxy) is 2. The van der Waals surface area contributed by atoms with Gasteiger partial charge < -0.3 is 9.47 Å². The summed E-state index contributed by atoms with van der Waals surface area (Å²) in [5, 5.41) is 0. The molecule has 1 heterocycles. The predicted octanol–water partition coefficient (Wildman–Crippen LogP) is 2.91. The summed E-state index contributed by atoms with van der Waals surface area (Å²) in [5.74, 6) is 1.47. The lowest BCUT2D eigenvalue weighted by Crippen LogP contribution is -2.26. The van der Waals surface area contributed by atoms with E-state index in [4.69, 9.17) is 19.5 Å². The van der Waals surface area contributed by atoms with Gasteiger partial charge in [0.15, 0.2) is 0 Å². The molecule has 0 radical (unpaired) electrons. The molecule has 1 aromatic heterocycles. The molecule has 0 fully saturated rings. The lowest BCUT2D eigenvalue weighted by molar-refractivity contribution is 0.415. The highest BCUT2D eigenvalue weighted by atomic mass is 32.1. The first-order chi connectivity index (χ1) is 12.1. The molecule has 0 bridgehead atoms. The average molecular weight is 356 g/mol. The molecule has 0 unspecified atom stereocenters. The molecule has 3 aromatic rings. The Balaban J connectivity index is 2.17. The Labute approximate surface area is 150 Å². The van der Waals surface area contributed by atoms with Crippen LogP contribution in [0.5, 0.6) is 11.5 Å². The summed E-state index contributed by atoms with van der Waals surface area (Å²) in [4.78, 5) is 10.3. The Bertz CT molecular complexity index is 1010. The number of methoxy groups -OCH3 is 2. The number of rotatable bonds is 4. The topological polar surface area (TPSA) is 53.0 Å². The maximum Gasteiger partial charge on any atom is 0.221 e. The van der Waals surface area contributed by atoms with Crippen LogP contribution in [0.2, 0.25) is 0 Å². The fraction of sp³-hybridized carbons (Fsp3) is 0.222. The van der Waals surface area contributed by atoms with Crippen molar-refractivity contribution < 1.29 is 9.47 Å². The van der Waals surface area contributed by atoms with Crippen molar-refractivity contribution in [1.29, 1.82) is 0 Å². The van der Waals surface area contributed by atoms with E-state index in [1.165, 1.54) is 11.5 Å². The number of hydrogen-bond donors (Lipinski definition) is 0. The van der Waals surface area contributed by atoms with E-state index >= 15 is 0 Å². The van der Waals surface area contributed by atoms with Gasteiger partial charge in [-0.2, -0.15) is 0 Å². The van der Waals surface area contributed by atoms with Crippen molar-refractivity contribution >= 4 is 22.9 Å². The number of nitrogens with zero attached hydrogens (tertiary/aromatic N) is 4. The zero-order valence-electron chi connectivity index (χ0n) is 14.6. The molecule has 0 spiro atoms. The Hall–Kier alpha value is -2.80. The van der Waals surface area contributed by atoms with Crippen LogP contribution in [0.1, 0.15) is 0 Å². The quantitative estimate of drug-likeness (QED) is 0.722. The Morgan fingerprint density at radius 3 is 1.88 bits per heavy atom. The zero-order chi connectivity index (χ0) is 17.8. The fourth-order valence-electron chi connectivity index (χ4n) is 2.42. The second kappa shape index (κ2) is 7.40. The van der Waals surface area contributed by atoms with Gasteiger partial charge in [-0.1, -0.05) is 24.3 Å². The number of aromatic nitrogens is 2. The maximum atomic E-state index is 5.38. The molecule has 0 aliphatic carbocycles. The highest BCUT2D eigenvalue weighted by Crippen LogP contribution is 2.26. The number of hydrogen-bond acceptors (Lipinski definition) is 5. The van der Waals surface area contributed by atoms with E-state index in [0.29, 0.717) is 0 Å². The smallest absolute Gasteiger partial charge is 0.221 e. The third kappa shape index (κ3) is 3.51. The molecule has 130 valence electrons. The summed E-state index contributed by atoms with van der Waals surface area (Å²) in [7, 11) is 7.19. The number of aryl methyl sites for hydroxylation is 1. The van der Waals surface area contributed by atoms with Crippen LogP contribution in [-0.4, -0.2) is 22.7 Å². The molecule has 0 saturated heterocycles. The molecule has 0 N–H and O–H groups in total. The van der Waals surface area contributed by atoms with E-state index in [9.17, 15) is 0 Å². The van der Waals surface area contributed by atoms with Crippen molar-refractivity contribution in [3.05, 3.63) is 59.0 Å². The predicted molar refractivity (Wildman–Crippen MR) is 98.7 cm³/mol. The number of benzene rings is 2. The van der Waals surface area contributed by atoms with Crippen LogP contribution in [-0.2, 0) is 14.1 Å². The molecule has 6 nitrogen and oxygen atoms in total. The standard InChI is InChI=1S/C18H20N4O2S/c1-21-17(19-13-9-5-7-11-15(13)23-3)22(2)25-18(21)20-14-10-6-8-12-16(14)24-4/h5-12H,1-4H3. The maximum absolute atomic E-state index is 5.38. The summed E-state index contributed by atoms with van der Waals surface area (Å²) in [6.07, 6.45) is 0. The van der Waals surface area contributed by atoms with Gasteiger partial charge in [0, 0.05) is 14.1 Å². The summed E-state index contributed by atoms with van der Waals surface area (Å²) < 4.78 is 14.7. The molecular formula is C18H20N4O2S. The lowest BCUT2D eigenvalue weighted by atomic mass is 10.3. The largest absolute Gasteiger partial charge is 0.494 e. The monoisotopic (exact) mass is 356 g/mol. The third-order valence-corrected chi connectivity index (χ3v) is 4.66. The van der Waals surface area contributed by atoms with Crippen LogP contribution in [0, 0.1) is 0 Å². The van der Waals surface area contributed by atoms with E-state index in [-0.39, 0.29) is 0 Å². The van der Waals surface area contributed by atoms with Crippen LogP contribution in [0.3, 0.4) is 0 Å².